The van der Waals surface area contributed by atoms with Crippen molar-refractivity contribution >= 4 is 39.9 Å². The summed E-state index contributed by atoms with van der Waals surface area (Å²) in [6.07, 6.45) is 3.34. The monoisotopic (exact) mass is 602 g/mol. The smallest absolute Gasteiger partial charge is 0.331 e. The van der Waals surface area contributed by atoms with Gasteiger partial charge in [-0.3, -0.25) is 14.3 Å². The zero-order valence-electron chi connectivity index (χ0n) is 25.6. The number of hydrogen-bond donors (Lipinski definition) is 2. The van der Waals surface area contributed by atoms with Crippen LogP contribution in [-0.2, 0) is 16.0 Å². The average molecular weight is 603 g/mol. The van der Waals surface area contributed by atoms with Crippen LogP contribution in [-0.4, -0.2) is 45.0 Å². The quantitative estimate of drug-likeness (QED) is 0.169. The Kier molecular flexibility index (Phi) is 8.51. The molecular formula is C32H38N6O4S. The number of anilines is 2. The molecule has 2 heterocycles. The number of rotatable bonds is 8. The van der Waals surface area contributed by atoms with E-state index in [1.165, 1.54) is 0 Å². The number of ether oxygens (including phenoxy) is 1. The Labute approximate surface area is 255 Å². The Morgan fingerprint density at radius 2 is 1.86 bits per heavy atom. The zero-order valence-corrected chi connectivity index (χ0v) is 26.4. The highest BCUT2D eigenvalue weighted by atomic mass is 32.2. The topological polar surface area (TPSA) is 105 Å². The van der Waals surface area contributed by atoms with Crippen LogP contribution in [0.5, 0.6) is 5.75 Å². The molecule has 1 aliphatic rings. The molecule has 1 saturated carbocycles. The third-order valence-electron chi connectivity index (χ3n) is 8.10. The number of aromatic amines is 1. The van der Waals surface area contributed by atoms with Crippen molar-refractivity contribution in [3.8, 4) is 17.1 Å². The van der Waals surface area contributed by atoms with Crippen molar-refractivity contribution in [2.75, 3.05) is 23.7 Å². The standard InChI is InChI=1S/C32H38N6O4S/c1-18-9-10-20(3)27(15-18)42-43(40)36-24-16-23(11-12-26(24)37(7)8)30-34-31-28(25(33-6)17-38(31)35-30)32(39)41-29-21(4)13-19(2)14-22(29)5/h9-12,15-17,19,21-22,29,36H,13-14H2,1-5,7-8H3,(H,34,35). The van der Waals surface area contributed by atoms with Crippen molar-refractivity contribution in [3.05, 3.63) is 70.7 Å². The Bertz CT molecular complexity index is 1720. The number of aryl methyl sites for hydroxylation is 2. The summed E-state index contributed by atoms with van der Waals surface area (Å²) >= 11 is -1.87. The Morgan fingerprint density at radius 1 is 1.14 bits per heavy atom. The molecule has 0 radical (unpaired) electrons. The zero-order chi connectivity index (χ0) is 31.0. The molecule has 0 aliphatic heterocycles. The number of nitrogens with one attached hydrogen (secondary N) is 2. The van der Waals surface area contributed by atoms with Crippen molar-refractivity contribution in [3.63, 3.8) is 0 Å². The summed E-state index contributed by atoms with van der Waals surface area (Å²) < 4.78 is 29.3. The summed E-state index contributed by atoms with van der Waals surface area (Å²) in [6.45, 7) is 18.0. The summed E-state index contributed by atoms with van der Waals surface area (Å²) in [5, 5.41) is 3.18. The number of benzene rings is 2. The van der Waals surface area contributed by atoms with Gasteiger partial charge < -0.3 is 13.8 Å². The van der Waals surface area contributed by atoms with E-state index in [-0.39, 0.29) is 29.2 Å². The van der Waals surface area contributed by atoms with Crippen molar-refractivity contribution in [1.29, 1.82) is 0 Å². The number of carbonyl (C=O) groups excluding carboxylic acids is 1. The normalized spacial score (nSPS) is 20.8. The number of fused-ring (bicyclic) bond motifs is 1. The number of aromatic nitrogens is 3. The third-order valence-corrected chi connectivity index (χ3v) is 8.81. The van der Waals surface area contributed by atoms with Gasteiger partial charge in [-0.25, -0.2) is 14.6 Å². The molecule has 1 aliphatic carbocycles. The van der Waals surface area contributed by atoms with E-state index in [0.29, 0.717) is 34.4 Å². The predicted octanol–water partition coefficient (Wildman–Crippen LogP) is 6.86. The molecule has 2 aromatic heterocycles. The van der Waals surface area contributed by atoms with E-state index < -0.39 is 17.2 Å². The predicted molar refractivity (Wildman–Crippen MR) is 170 cm³/mol. The summed E-state index contributed by atoms with van der Waals surface area (Å²) in [6, 6.07) is 11.3. The minimum atomic E-state index is -1.87. The maximum Gasteiger partial charge on any atom is 0.331 e. The molecule has 0 bridgehead atoms. The second-order valence-electron chi connectivity index (χ2n) is 12.0. The molecule has 0 spiro atoms. The molecule has 43 heavy (non-hydrogen) atoms. The molecule has 4 aromatic rings. The fraction of sp³-hybridized carbons (Fsp3) is 0.406. The van der Waals surface area contributed by atoms with Crippen LogP contribution in [0.25, 0.3) is 21.9 Å². The second-order valence-corrected chi connectivity index (χ2v) is 12.8. The van der Waals surface area contributed by atoms with Gasteiger partial charge in [-0.2, -0.15) is 4.21 Å². The van der Waals surface area contributed by atoms with Crippen LogP contribution < -0.4 is 13.8 Å². The largest absolute Gasteiger partial charge is 0.459 e. The lowest BCUT2D eigenvalue weighted by Gasteiger charge is -2.37. The van der Waals surface area contributed by atoms with Crippen LogP contribution in [0.15, 0.2) is 42.6 Å². The van der Waals surface area contributed by atoms with E-state index >= 15 is 0 Å². The maximum absolute atomic E-state index is 13.5. The van der Waals surface area contributed by atoms with Crippen molar-refractivity contribution in [2.24, 2.45) is 17.8 Å². The first-order valence-corrected chi connectivity index (χ1v) is 15.5. The van der Waals surface area contributed by atoms with Gasteiger partial charge in [-0.05, 0) is 79.8 Å². The Hall–Kier alpha value is -4.30. The minimum Gasteiger partial charge on any atom is -0.459 e. The van der Waals surface area contributed by atoms with Crippen molar-refractivity contribution < 1.29 is 17.9 Å². The van der Waals surface area contributed by atoms with Crippen LogP contribution in [0.1, 0.15) is 55.1 Å². The number of carbonyl (C=O) groups is 1. The van der Waals surface area contributed by atoms with Gasteiger partial charge >= 0.3 is 17.2 Å². The highest BCUT2D eigenvalue weighted by Gasteiger charge is 2.35. The first-order chi connectivity index (χ1) is 20.4. The van der Waals surface area contributed by atoms with E-state index in [1.807, 2.05) is 69.2 Å². The van der Waals surface area contributed by atoms with E-state index in [2.05, 4.69) is 35.4 Å². The van der Waals surface area contributed by atoms with Gasteiger partial charge in [0.25, 0.3) is 0 Å². The van der Waals surface area contributed by atoms with Gasteiger partial charge in [0, 0.05) is 25.9 Å². The number of nitrogens with zero attached hydrogens (tertiary/aromatic N) is 4. The van der Waals surface area contributed by atoms with Gasteiger partial charge in [0.2, 0.25) is 5.69 Å². The summed E-state index contributed by atoms with van der Waals surface area (Å²) in [4.78, 5) is 23.7. The fourth-order valence-electron chi connectivity index (χ4n) is 6.09. The van der Waals surface area contributed by atoms with Gasteiger partial charge in [0.1, 0.15) is 17.4 Å². The van der Waals surface area contributed by atoms with Gasteiger partial charge in [0.05, 0.1) is 17.9 Å². The van der Waals surface area contributed by atoms with Crippen molar-refractivity contribution in [2.45, 2.75) is 53.6 Å². The molecule has 226 valence electrons. The lowest BCUT2D eigenvalue weighted by atomic mass is 9.75. The molecular weight excluding hydrogens is 564 g/mol. The van der Waals surface area contributed by atoms with Crippen LogP contribution in [0.4, 0.5) is 17.1 Å². The molecule has 0 saturated heterocycles. The first kappa shape index (κ1) is 30.2. The van der Waals surface area contributed by atoms with E-state index in [0.717, 1.165) is 29.7 Å². The Balaban J connectivity index is 1.44. The second kappa shape index (κ2) is 12.1. The number of esters is 1. The number of hydrogen-bond acceptors (Lipinski definition) is 6. The van der Waals surface area contributed by atoms with Gasteiger partial charge in [-0.15, -0.1) is 0 Å². The molecule has 10 nitrogen and oxygen atoms in total. The molecule has 11 heteroatoms. The molecule has 2 N–H and O–H groups in total. The maximum atomic E-state index is 13.5. The molecule has 3 atom stereocenters. The van der Waals surface area contributed by atoms with E-state index in [9.17, 15) is 9.00 Å². The van der Waals surface area contributed by atoms with E-state index in [1.54, 1.807) is 10.7 Å². The average Bonchev–Trinajstić information content (AvgIpc) is 3.50. The SMILES string of the molecule is [C-]#[N+]c1cn2[nH]c(-c3ccc(N(C)C)c(NS(=O)Oc4cc(C)ccc4C)c3)nc2c1C(=O)OC1C(C)CC(C)CC1C. The highest BCUT2D eigenvalue weighted by molar-refractivity contribution is 7.82. The van der Waals surface area contributed by atoms with Crippen LogP contribution >= 0.6 is 0 Å². The lowest BCUT2D eigenvalue weighted by molar-refractivity contribution is -0.0249. The minimum absolute atomic E-state index is 0.154. The fourth-order valence-corrected chi connectivity index (χ4v) is 6.81. The summed E-state index contributed by atoms with van der Waals surface area (Å²) in [5.41, 5.74) is 4.60. The molecule has 2 aromatic carbocycles. The van der Waals surface area contributed by atoms with Crippen LogP contribution in [0.2, 0.25) is 0 Å². The van der Waals surface area contributed by atoms with Crippen molar-refractivity contribution in [1.82, 2.24) is 14.6 Å². The Morgan fingerprint density at radius 3 is 2.53 bits per heavy atom. The summed E-state index contributed by atoms with van der Waals surface area (Å²) in [5.74, 6) is 1.53. The summed E-state index contributed by atoms with van der Waals surface area (Å²) in [7, 11) is 3.79. The lowest BCUT2D eigenvalue weighted by Crippen LogP contribution is -2.37. The van der Waals surface area contributed by atoms with Gasteiger partial charge in [-0.1, -0.05) is 32.9 Å². The van der Waals surface area contributed by atoms with Crippen LogP contribution in [0, 0.1) is 38.2 Å². The molecule has 0 amide bonds. The van der Waals surface area contributed by atoms with Crippen LogP contribution in [0.3, 0.4) is 0 Å². The van der Waals surface area contributed by atoms with E-state index in [4.69, 9.17) is 20.5 Å². The molecule has 1 fully saturated rings. The molecule has 3 unspecified atom stereocenters. The number of H-pyrrole nitrogens is 1. The molecule has 5 rings (SSSR count). The first-order valence-electron chi connectivity index (χ1n) is 14.4. The van der Waals surface area contributed by atoms with Gasteiger partial charge in [0.15, 0.2) is 11.5 Å². The highest BCUT2D eigenvalue weighted by Crippen LogP contribution is 2.37. The third kappa shape index (κ3) is 6.25.